The van der Waals surface area contributed by atoms with E-state index in [1.165, 1.54) is 0 Å². The molecule has 0 unspecified atom stereocenters. The molecule has 0 aliphatic rings. The molecule has 0 fully saturated rings. The second kappa shape index (κ2) is 7.86. The van der Waals surface area contributed by atoms with Gasteiger partial charge in [0.15, 0.2) is 5.16 Å². The van der Waals surface area contributed by atoms with Crippen molar-refractivity contribution in [2.45, 2.75) is 37.2 Å². The van der Waals surface area contributed by atoms with Gasteiger partial charge in [0.25, 0.3) is 5.56 Å². The Kier molecular flexibility index (Phi) is 5.31. The summed E-state index contributed by atoms with van der Waals surface area (Å²) in [4.78, 5) is 22.3. The first-order chi connectivity index (χ1) is 13.2. The number of hydrogen-bond donors (Lipinski definition) is 0. The normalized spacial score (nSPS) is 11.5. The fourth-order valence-electron chi connectivity index (χ4n) is 3.00. The third kappa shape index (κ3) is 3.80. The van der Waals surface area contributed by atoms with Crippen molar-refractivity contribution < 1.29 is 0 Å². The second-order valence-electron chi connectivity index (χ2n) is 6.36. The Morgan fingerprint density at radius 2 is 1.96 bits per heavy atom. The molecule has 0 amide bonds. The molecule has 0 N–H and O–H groups in total. The van der Waals surface area contributed by atoms with Crippen LogP contribution in [0.3, 0.4) is 0 Å². The van der Waals surface area contributed by atoms with Crippen LogP contribution in [0.25, 0.3) is 16.6 Å². The summed E-state index contributed by atoms with van der Waals surface area (Å²) in [5.74, 6) is 0.663. The first-order valence-electron chi connectivity index (χ1n) is 8.91. The maximum absolute atomic E-state index is 12.9. The minimum Gasteiger partial charge on any atom is -0.306 e. The number of rotatable bonds is 6. The number of thioether (sulfide) groups is 1. The number of fused-ring (bicyclic) bond motifs is 2. The number of imidazole rings is 1. The number of nitrogens with zero attached hydrogens (tertiary/aromatic N) is 4. The predicted octanol–water partition coefficient (Wildman–Crippen LogP) is 4.90. The molecule has 3 heterocycles. The summed E-state index contributed by atoms with van der Waals surface area (Å²) < 4.78 is 4.82. The van der Waals surface area contributed by atoms with E-state index in [2.05, 4.69) is 27.8 Å². The van der Waals surface area contributed by atoms with Crippen LogP contribution in [0.2, 0.25) is 0 Å². The molecule has 1 aromatic carbocycles. The fraction of sp³-hybridized carbons (Fsp3) is 0.250. The van der Waals surface area contributed by atoms with Crippen LogP contribution in [-0.4, -0.2) is 18.9 Å². The molecule has 3 aromatic heterocycles. The van der Waals surface area contributed by atoms with E-state index in [1.54, 1.807) is 11.8 Å². The van der Waals surface area contributed by atoms with Crippen LogP contribution in [0, 0.1) is 0 Å². The highest BCUT2D eigenvalue weighted by atomic mass is 79.9. The van der Waals surface area contributed by atoms with Crippen molar-refractivity contribution in [2.75, 3.05) is 0 Å². The van der Waals surface area contributed by atoms with E-state index < -0.39 is 0 Å². The fourth-order valence-corrected chi connectivity index (χ4v) is 4.26. The summed E-state index contributed by atoms with van der Waals surface area (Å²) in [6.45, 7) is 2.81. The van der Waals surface area contributed by atoms with Crippen LogP contribution >= 0.6 is 27.7 Å². The van der Waals surface area contributed by atoms with Crippen molar-refractivity contribution in [1.82, 2.24) is 18.9 Å². The van der Waals surface area contributed by atoms with E-state index in [1.807, 2.05) is 57.8 Å². The van der Waals surface area contributed by atoms with Crippen LogP contribution in [0.5, 0.6) is 0 Å². The van der Waals surface area contributed by atoms with Crippen molar-refractivity contribution in [3.8, 4) is 0 Å². The van der Waals surface area contributed by atoms with Gasteiger partial charge in [-0.1, -0.05) is 37.2 Å². The van der Waals surface area contributed by atoms with E-state index in [0.29, 0.717) is 17.7 Å². The minimum absolute atomic E-state index is 0.0375. The lowest BCUT2D eigenvalue weighted by Gasteiger charge is -2.12. The topological polar surface area (TPSA) is 52.2 Å². The first-order valence-corrected chi connectivity index (χ1v) is 10.7. The zero-order valence-electron chi connectivity index (χ0n) is 14.9. The van der Waals surface area contributed by atoms with E-state index in [9.17, 15) is 4.79 Å². The lowest BCUT2D eigenvalue weighted by atomic mass is 10.2. The lowest BCUT2D eigenvalue weighted by Crippen LogP contribution is -2.23. The molecule has 4 aromatic rings. The Hall–Kier alpha value is -2.12. The van der Waals surface area contributed by atoms with Gasteiger partial charge >= 0.3 is 0 Å². The van der Waals surface area contributed by atoms with Crippen LogP contribution in [-0.2, 0) is 12.3 Å². The third-order valence-electron chi connectivity index (χ3n) is 4.38. The van der Waals surface area contributed by atoms with Gasteiger partial charge in [0.05, 0.1) is 16.6 Å². The van der Waals surface area contributed by atoms with E-state index >= 15 is 0 Å². The summed E-state index contributed by atoms with van der Waals surface area (Å²) in [6.07, 6.45) is 5.99. The highest BCUT2D eigenvalue weighted by molar-refractivity contribution is 9.10. The average Bonchev–Trinajstić information content (AvgIpc) is 3.08. The van der Waals surface area contributed by atoms with E-state index in [4.69, 9.17) is 4.98 Å². The molecule has 0 aliphatic carbocycles. The zero-order valence-corrected chi connectivity index (χ0v) is 17.3. The second-order valence-corrected chi connectivity index (χ2v) is 8.21. The molecule has 0 saturated heterocycles. The molecular weight excluding hydrogens is 424 g/mol. The number of halogens is 1. The lowest BCUT2D eigenvalue weighted by molar-refractivity contribution is 0.557. The molecule has 0 radical (unpaired) electrons. The summed E-state index contributed by atoms with van der Waals surface area (Å²) in [5, 5.41) is 1.43. The summed E-state index contributed by atoms with van der Waals surface area (Å²) in [6, 6.07) is 11.5. The van der Waals surface area contributed by atoms with Crippen LogP contribution in [0.1, 0.15) is 25.5 Å². The Morgan fingerprint density at radius 1 is 1.11 bits per heavy atom. The summed E-state index contributed by atoms with van der Waals surface area (Å²) in [7, 11) is 0. The SMILES string of the molecule is CCCCn1c(SCc2cn3cc(Br)ccc3n2)nc2ccccc2c1=O. The number of aromatic nitrogens is 4. The molecule has 5 nitrogen and oxygen atoms in total. The molecule has 0 aliphatic heterocycles. The third-order valence-corrected chi connectivity index (χ3v) is 5.85. The number of para-hydroxylation sites is 1. The van der Waals surface area contributed by atoms with Crippen LogP contribution in [0.4, 0.5) is 0 Å². The number of pyridine rings is 1. The van der Waals surface area contributed by atoms with Gasteiger partial charge in [-0.15, -0.1) is 0 Å². The zero-order chi connectivity index (χ0) is 18.8. The molecule has 0 spiro atoms. The van der Waals surface area contributed by atoms with E-state index in [-0.39, 0.29) is 5.56 Å². The molecule has 0 atom stereocenters. The van der Waals surface area contributed by atoms with Gasteiger partial charge in [0.1, 0.15) is 5.65 Å². The van der Waals surface area contributed by atoms with Crippen LogP contribution in [0.15, 0.2) is 63.2 Å². The van der Waals surface area contributed by atoms with E-state index in [0.717, 1.165) is 39.3 Å². The summed E-state index contributed by atoms with van der Waals surface area (Å²) >= 11 is 5.04. The Balaban J connectivity index is 1.67. The van der Waals surface area contributed by atoms with Gasteiger partial charge in [-0.25, -0.2) is 9.97 Å². The smallest absolute Gasteiger partial charge is 0.262 e. The van der Waals surface area contributed by atoms with Crippen LogP contribution < -0.4 is 5.56 Å². The number of unbranched alkanes of at least 4 members (excludes halogenated alkanes) is 1. The van der Waals surface area contributed by atoms with Gasteiger partial charge in [0.2, 0.25) is 0 Å². The molecule has 0 saturated carbocycles. The standard InChI is InChI=1S/C20H19BrN4OS/c1-2-3-10-25-19(26)16-6-4-5-7-17(16)23-20(25)27-13-15-12-24-11-14(21)8-9-18(24)22-15/h4-9,11-12H,2-3,10,13H2,1H3. The number of hydrogen-bond acceptors (Lipinski definition) is 4. The molecule has 27 heavy (non-hydrogen) atoms. The molecule has 138 valence electrons. The highest BCUT2D eigenvalue weighted by Crippen LogP contribution is 2.23. The van der Waals surface area contributed by atoms with Gasteiger partial charge in [-0.3, -0.25) is 9.36 Å². The monoisotopic (exact) mass is 442 g/mol. The van der Waals surface area contributed by atoms with Gasteiger partial charge in [-0.2, -0.15) is 0 Å². The van der Waals surface area contributed by atoms with Gasteiger partial charge in [-0.05, 0) is 46.6 Å². The predicted molar refractivity (Wildman–Crippen MR) is 113 cm³/mol. The van der Waals surface area contributed by atoms with Crippen molar-refractivity contribution in [2.24, 2.45) is 0 Å². The summed E-state index contributed by atoms with van der Waals surface area (Å²) in [5.41, 5.74) is 2.65. The van der Waals surface area contributed by atoms with Crippen molar-refractivity contribution in [3.05, 3.63) is 69.3 Å². The Morgan fingerprint density at radius 3 is 2.81 bits per heavy atom. The largest absolute Gasteiger partial charge is 0.306 e. The molecule has 7 heteroatoms. The maximum atomic E-state index is 12.9. The van der Waals surface area contributed by atoms with Gasteiger partial charge in [0, 0.05) is 29.2 Å². The minimum atomic E-state index is 0.0375. The van der Waals surface area contributed by atoms with Gasteiger partial charge < -0.3 is 4.40 Å². The van der Waals surface area contributed by atoms with Crippen molar-refractivity contribution in [1.29, 1.82) is 0 Å². The Labute approximate surface area is 169 Å². The molecule has 0 bridgehead atoms. The van der Waals surface area contributed by atoms with Crippen molar-refractivity contribution >= 4 is 44.2 Å². The molecule has 4 rings (SSSR count). The highest BCUT2D eigenvalue weighted by Gasteiger charge is 2.12. The first kappa shape index (κ1) is 18.3. The maximum Gasteiger partial charge on any atom is 0.262 e. The molecular formula is C20H19BrN4OS. The number of benzene rings is 1. The van der Waals surface area contributed by atoms with Crippen molar-refractivity contribution in [3.63, 3.8) is 0 Å². The quantitative estimate of drug-likeness (QED) is 0.314. The average molecular weight is 443 g/mol. The Bertz CT molecular complexity index is 1170.